The molecule has 1 aromatic rings. The number of aliphatic hydroxyl groups is 1. The number of ether oxygens (including phenoxy) is 1. The zero-order chi connectivity index (χ0) is 13.5. The molecule has 0 bridgehead atoms. The average Bonchev–Trinajstić information content (AvgIpc) is 2.70. The van der Waals surface area contributed by atoms with Crippen molar-refractivity contribution in [1.29, 1.82) is 0 Å². The van der Waals surface area contributed by atoms with Crippen molar-refractivity contribution < 1.29 is 14.6 Å². The maximum absolute atomic E-state index is 12.3. The molecule has 0 aromatic carbocycles. The van der Waals surface area contributed by atoms with Crippen LogP contribution in [-0.2, 0) is 11.3 Å². The van der Waals surface area contributed by atoms with E-state index in [2.05, 4.69) is 4.98 Å². The molecule has 102 valence electrons. The van der Waals surface area contributed by atoms with Crippen molar-refractivity contribution in [2.24, 2.45) is 0 Å². The fraction of sp³-hybridized carbons (Fsp3) is 0.667. The van der Waals surface area contributed by atoms with Gasteiger partial charge in [0.15, 0.2) is 0 Å². The molecule has 0 fully saturated rings. The van der Waals surface area contributed by atoms with E-state index >= 15 is 0 Å². The van der Waals surface area contributed by atoms with Gasteiger partial charge < -0.3 is 14.7 Å². The number of amides is 1. The molecular weight excluding hydrogens is 252 g/mol. The van der Waals surface area contributed by atoms with Crippen LogP contribution in [0.25, 0.3) is 0 Å². The summed E-state index contributed by atoms with van der Waals surface area (Å²) >= 11 is 1.36. The number of aromatic nitrogens is 1. The molecular formula is C12H20N2O3S. The number of hydrogen-bond acceptors (Lipinski definition) is 5. The van der Waals surface area contributed by atoms with Gasteiger partial charge in [0.25, 0.3) is 5.91 Å². The first-order valence-electron chi connectivity index (χ1n) is 5.99. The molecule has 0 aliphatic rings. The Labute approximate surface area is 111 Å². The summed E-state index contributed by atoms with van der Waals surface area (Å²) in [6.45, 7) is 5.25. The van der Waals surface area contributed by atoms with Gasteiger partial charge >= 0.3 is 0 Å². The van der Waals surface area contributed by atoms with Gasteiger partial charge in [-0.15, -0.1) is 11.3 Å². The predicted octanol–water partition coefficient (Wildman–Crippen LogP) is 1.44. The minimum absolute atomic E-state index is 0.0193. The van der Waals surface area contributed by atoms with Gasteiger partial charge in [0.05, 0.1) is 18.9 Å². The lowest BCUT2D eigenvalue weighted by Crippen LogP contribution is -2.34. The van der Waals surface area contributed by atoms with Crippen LogP contribution in [-0.4, -0.2) is 47.7 Å². The standard InChI is InChI=1S/C12H20N2O3S/c1-4-5-14(6-7-15)12(16)11-9(2)13-10(18-11)8-17-3/h15H,4-8H2,1-3H3. The van der Waals surface area contributed by atoms with Crippen LogP contribution in [0, 0.1) is 6.92 Å². The number of rotatable bonds is 7. The van der Waals surface area contributed by atoms with Crippen LogP contribution in [0.2, 0.25) is 0 Å². The molecule has 1 rings (SSSR count). The summed E-state index contributed by atoms with van der Waals surface area (Å²) in [5, 5.41) is 9.80. The lowest BCUT2D eigenvalue weighted by atomic mass is 10.3. The first-order chi connectivity index (χ1) is 8.63. The number of aliphatic hydroxyl groups excluding tert-OH is 1. The number of methoxy groups -OCH3 is 1. The summed E-state index contributed by atoms with van der Waals surface area (Å²) in [5.74, 6) is -0.0525. The van der Waals surface area contributed by atoms with Crippen LogP contribution in [0.4, 0.5) is 0 Å². The Morgan fingerprint density at radius 1 is 1.50 bits per heavy atom. The van der Waals surface area contributed by atoms with E-state index < -0.39 is 0 Å². The molecule has 0 atom stereocenters. The molecule has 0 saturated carbocycles. The highest BCUT2D eigenvalue weighted by molar-refractivity contribution is 7.13. The smallest absolute Gasteiger partial charge is 0.265 e. The Balaban J connectivity index is 2.86. The molecule has 1 aromatic heterocycles. The van der Waals surface area contributed by atoms with Crippen LogP contribution in [0.1, 0.15) is 33.7 Å². The summed E-state index contributed by atoms with van der Waals surface area (Å²) in [6, 6.07) is 0. The molecule has 0 saturated heterocycles. The minimum Gasteiger partial charge on any atom is -0.395 e. The highest BCUT2D eigenvalue weighted by atomic mass is 32.1. The van der Waals surface area contributed by atoms with Crippen molar-refractivity contribution in [1.82, 2.24) is 9.88 Å². The molecule has 6 heteroatoms. The number of thiazole rings is 1. The second-order valence-electron chi connectivity index (χ2n) is 3.97. The first kappa shape index (κ1) is 15.1. The Bertz CT molecular complexity index is 387. The molecule has 1 heterocycles. The van der Waals surface area contributed by atoms with Gasteiger partial charge in [-0.2, -0.15) is 0 Å². The molecule has 0 aliphatic carbocycles. The van der Waals surface area contributed by atoms with Crippen LogP contribution in [0.5, 0.6) is 0 Å². The van der Waals surface area contributed by atoms with Gasteiger partial charge in [0.2, 0.25) is 0 Å². The van der Waals surface area contributed by atoms with Gasteiger partial charge in [-0.25, -0.2) is 4.98 Å². The zero-order valence-corrected chi connectivity index (χ0v) is 11.9. The van der Waals surface area contributed by atoms with E-state index in [9.17, 15) is 4.79 Å². The Hall–Kier alpha value is -0.980. The number of carbonyl (C=O) groups is 1. The molecule has 0 unspecified atom stereocenters. The quantitative estimate of drug-likeness (QED) is 0.816. The first-order valence-corrected chi connectivity index (χ1v) is 6.81. The van der Waals surface area contributed by atoms with Gasteiger partial charge in [0.1, 0.15) is 9.88 Å². The highest BCUT2D eigenvalue weighted by Crippen LogP contribution is 2.20. The van der Waals surface area contributed by atoms with Gasteiger partial charge in [-0.3, -0.25) is 4.79 Å². The van der Waals surface area contributed by atoms with E-state index in [1.165, 1.54) is 11.3 Å². The molecule has 1 N–H and O–H groups in total. The summed E-state index contributed by atoms with van der Waals surface area (Å²) in [5.41, 5.74) is 0.732. The Morgan fingerprint density at radius 2 is 2.22 bits per heavy atom. The lowest BCUT2D eigenvalue weighted by Gasteiger charge is -2.20. The van der Waals surface area contributed by atoms with Gasteiger partial charge in [-0.05, 0) is 13.3 Å². The number of nitrogens with zero attached hydrogens (tertiary/aromatic N) is 2. The van der Waals surface area contributed by atoms with Gasteiger partial charge in [0, 0.05) is 20.2 Å². The van der Waals surface area contributed by atoms with E-state index in [1.807, 2.05) is 13.8 Å². The van der Waals surface area contributed by atoms with Crippen LogP contribution >= 0.6 is 11.3 Å². The number of carbonyl (C=O) groups excluding carboxylic acids is 1. The zero-order valence-electron chi connectivity index (χ0n) is 11.1. The van der Waals surface area contributed by atoms with Crippen molar-refractivity contribution in [3.63, 3.8) is 0 Å². The lowest BCUT2D eigenvalue weighted by molar-refractivity contribution is 0.0726. The SMILES string of the molecule is CCCN(CCO)C(=O)c1sc(COC)nc1C. The largest absolute Gasteiger partial charge is 0.395 e. The normalized spacial score (nSPS) is 10.7. The van der Waals surface area contributed by atoms with Gasteiger partial charge in [-0.1, -0.05) is 6.92 Å². The second-order valence-corrected chi connectivity index (χ2v) is 5.05. The molecule has 18 heavy (non-hydrogen) atoms. The summed E-state index contributed by atoms with van der Waals surface area (Å²) in [4.78, 5) is 18.9. The summed E-state index contributed by atoms with van der Waals surface area (Å²) in [6.07, 6.45) is 0.870. The van der Waals surface area contributed by atoms with Crippen molar-refractivity contribution >= 4 is 17.2 Å². The number of hydrogen-bond donors (Lipinski definition) is 1. The van der Waals surface area contributed by atoms with Crippen molar-refractivity contribution in [3.8, 4) is 0 Å². The van der Waals surface area contributed by atoms with Crippen LogP contribution in [0.3, 0.4) is 0 Å². The average molecular weight is 272 g/mol. The Morgan fingerprint density at radius 3 is 2.78 bits per heavy atom. The maximum atomic E-state index is 12.3. The Kier molecular flexibility index (Phi) is 6.24. The molecule has 1 amide bonds. The molecule has 0 aliphatic heterocycles. The monoisotopic (exact) mass is 272 g/mol. The molecule has 0 spiro atoms. The minimum atomic E-state index is -0.0525. The third-order valence-electron chi connectivity index (χ3n) is 2.45. The van der Waals surface area contributed by atoms with E-state index in [0.717, 1.165) is 17.1 Å². The highest BCUT2D eigenvalue weighted by Gasteiger charge is 2.20. The maximum Gasteiger partial charge on any atom is 0.265 e. The van der Waals surface area contributed by atoms with Crippen molar-refractivity contribution in [3.05, 3.63) is 15.6 Å². The van der Waals surface area contributed by atoms with E-state index in [0.29, 0.717) is 24.6 Å². The molecule has 5 nitrogen and oxygen atoms in total. The van der Waals surface area contributed by atoms with E-state index in [-0.39, 0.29) is 12.5 Å². The second kappa shape index (κ2) is 7.45. The van der Waals surface area contributed by atoms with E-state index in [1.54, 1.807) is 12.0 Å². The van der Waals surface area contributed by atoms with E-state index in [4.69, 9.17) is 9.84 Å². The fourth-order valence-electron chi connectivity index (χ4n) is 1.69. The molecule has 0 radical (unpaired) electrons. The summed E-state index contributed by atoms with van der Waals surface area (Å²) in [7, 11) is 1.60. The topological polar surface area (TPSA) is 62.7 Å². The predicted molar refractivity (Wildman–Crippen MR) is 70.8 cm³/mol. The summed E-state index contributed by atoms with van der Waals surface area (Å²) < 4.78 is 5.01. The number of aryl methyl sites for hydroxylation is 1. The van der Waals surface area contributed by atoms with Crippen molar-refractivity contribution in [2.75, 3.05) is 26.8 Å². The van der Waals surface area contributed by atoms with Crippen LogP contribution in [0.15, 0.2) is 0 Å². The third kappa shape index (κ3) is 3.76. The van der Waals surface area contributed by atoms with Crippen molar-refractivity contribution in [2.45, 2.75) is 26.9 Å². The third-order valence-corrected chi connectivity index (χ3v) is 3.57. The fourth-order valence-corrected chi connectivity index (χ4v) is 2.69. The van der Waals surface area contributed by atoms with Crippen LogP contribution < -0.4 is 0 Å².